The van der Waals surface area contributed by atoms with E-state index >= 15 is 0 Å². The highest BCUT2D eigenvalue weighted by atomic mass is 32.1. The molecule has 0 aliphatic heterocycles. The second-order valence-corrected chi connectivity index (χ2v) is 4.18. The lowest BCUT2D eigenvalue weighted by atomic mass is 10.2. The van der Waals surface area contributed by atoms with Gasteiger partial charge in [-0.3, -0.25) is 9.69 Å². The molecule has 0 radical (unpaired) electrons. The van der Waals surface area contributed by atoms with Crippen LogP contribution in [0.1, 0.15) is 30.6 Å². The van der Waals surface area contributed by atoms with Crippen molar-refractivity contribution in [1.82, 2.24) is 9.88 Å². The first-order valence-electron chi connectivity index (χ1n) is 4.99. The van der Waals surface area contributed by atoms with Crippen LogP contribution in [0.15, 0.2) is 5.38 Å². The Hall–Kier alpha value is -0.940. The Morgan fingerprint density at radius 2 is 2.20 bits per heavy atom. The zero-order valence-corrected chi connectivity index (χ0v) is 10.0. The molecular weight excluding hydrogens is 212 g/mol. The molecule has 15 heavy (non-hydrogen) atoms. The van der Waals surface area contributed by atoms with Crippen molar-refractivity contribution in [2.45, 2.75) is 26.8 Å². The molecule has 0 aromatic carbocycles. The maximum Gasteiger partial charge on any atom is 0.328 e. The van der Waals surface area contributed by atoms with E-state index in [1.165, 1.54) is 11.3 Å². The Balaban J connectivity index is 2.97. The second kappa shape index (κ2) is 5.23. The third-order valence-electron chi connectivity index (χ3n) is 2.28. The smallest absolute Gasteiger partial charge is 0.328 e. The third kappa shape index (κ3) is 2.76. The van der Waals surface area contributed by atoms with Gasteiger partial charge < -0.3 is 5.11 Å². The summed E-state index contributed by atoms with van der Waals surface area (Å²) in [4.78, 5) is 17.3. The summed E-state index contributed by atoms with van der Waals surface area (Å²) in [7, 11) is 0. The number of rotatable bonds is 5. The van der Waals surface area contributed by atoms with Crippen molar-refractivity contribution >= 4 is 17.3 Å². The molecule has 0 fully saturated rings. The van der Waals surface area contributed by atoms with E-state index in [4.69, 9.17) is 0 Å². The van der Waals surface area contributed by atoms with Gasteiger partial charge in [0.15, 0.2) is 6.04 Å². The van der Waals surface area contributed by atoms with Crippen molar-refractivity contribution in [3.8, 4) is 0 Å². The van der Waals surface area contributed by atoms with Crippen LogP contribution >= 0.6 is 11.3 Å². The van der Waals surface area contributed by atoms with Crippen molar-refractivity contribution in [3.05, 3.63) is 16.1 Å². The van der Waals surface area contributed by atoms with Crippen LogP contribution in [0, 0.1) is 6.92 Å². The Morgan fingerprint density at radius 1 is 1.60 bits per heavy atom. The molecule has 84 valence electrons. The normalized spacial score (nSPS) is 13.1. The van der Waals surface area contributed by atoms with Gasteiger partial charge in [-0.2, -0.15) is 0 Å². The molecule has 1 aromatic rings. The van der Waals surface area contributed by atoms with Gasteiger partial charge in [-0.05, 0) is 20.0 Å². The summed E-state index contributed by atoms with van der Waals surface area (Å²) in [5, 5.41) is 11.7. The molecule has 1 unspecified atom stereocenters. The quantitative estimate of drug-likeness (QED) is 0.836. The lowest BCUT2D eigenvalue weighted by Gasteiger charge is -2.24. The van der Waals surface area contributed by atoms with E-state index < -0.39 is 12.0 Å². The molecule has 0 bridgehead atoms. The molecule has 1 aromatic heterocycles. The predicted octanol–water partition coefficient (Wildman–Crippen LogP) is 1.92. The standard InChI is InChI=1S/C10H16N2O2S/c1-4-12(5-2)8(10(13)14)9-11-7(3)6-15-9/h6,8H,4-5H2,1-3H3,(H,13,14). The highest BCUT2D eigenvalue weighted by Gasteiger charge is 2.27. The fraction of sp³-hybridized carbons (Fsp3) is 0.600. The summed E-state index contributed by atoms with van der Waals surface area (Å²) in [6, 6.07) is -0.598. The molecule has 5 heteroatoms. The molecule has 0 aliphatic carbocycles. The molecule has 0 amide bonds. The zero-order chi connectivity index (χ0) is 11.4. The van der Waals surface area contributed by atoms with E-state index in [1.54, 1.807) is 0 Å². The number of likely N-dealkylation sites (N-methyl/N-ethyl adjacent to an activating group) is 1. The molecule has 4 nitrogen and oxygen atoms in total. The lowest BCUT2D eigenvalue weighted by molar-refractivity contribution is -0.143. The Morgan fingerprint density at radius 3 is 2.53 bits per heavy atom. The van der Waals surface area contributed by atoms with Crippen LogP contribution < -0.4 is 0 Å². The van der Waals surface area contributed by atoms with E-state index in [1.807, 2.05) is 31.1 Å². The molecular formula is C10H16N2O2S. The maximum absolute atomic E-state index is 11.2. The molecule has 1 N–H and O–H groups in total. The summed E-state index contributed by atoms with van der Waals surface area (Å²) < 4.78 is 0. The van der Waals surface area contributed by atoms with Gasteiger partial charge in [-0.15, -0.1) is 11.3 Å². The Kier molecular flexibility index (Phi) is 4.23. The Labute approximate surface area is 93.6 Å². The van der Waals surface area contributed by atoms with Crippen LogP contribution in [0.5, 0.6) is 0 Å². The molecule has 1 atom stereocenters. The van der Waals surface area contributed by atoms with Crippen molar-refractivity contribution in [1.29, 1.82) is 0 Å². The van der Waals surface area contributed by atoms with Crippen LogP contribution in [0.3, 0.4) is 0 Å². The van der Waals surface area contributed by atoms with Gasteiger partial charge in [-0.1, -0.05) is 13.8 Å². The first kappa shape index (κ1) is 12.1. The van der Waals surface area contributed by atoms with Crippen LogP contribution in [-0.4, -0.2) is 34.0 Å². The fourth-order valence-corrected chi connectivity index (χ4v) is 2.42. The van der Waals surface area contributed by atoms with Crippen LogP contribution in [0.25, 0.3) is 0 Å². The van der Waals surface area contributed by atoms with E-state index in [2.05, 4.69) is 4.98 Å². The molecule has 0 saturated heterocycles. The van der Waals surface area contributed by atoms with Gasteiger partial charge in [0.25, 0.3) is 0 Å². The average molecular weight is 228 g/mol. The fourth-order valence-electron chi connectivity index (χ4n) is 1.50. The molecule has 1 rings (SSSR count). The molecule has 0 saturated carbocycles. The van der Waals surface area contributed by atoms with Crippen molar-refractivity contribution in [3.63, 3.8) is 0 Å². The number of carbonyl (C=O) groups is 1. The summed E-state index contributed by atoms with van der Waals surface area (Å²) in [5.74, 6) is -0.826. The Bertz CT molecular complexity index is 334. The summed E-state index contributed by atoms with van der Waals surface area (Å²) >= 11 is 1.41. The summed E-state index contributed by atoms with van der Waals surface area (Å²) in [6.07, 6.45) is 0. The van der Waals surface area contributed by atoms with Gasteiger partial charge in [0, 0.05) is 11.1 Å². The number of aliphatic carboxylic acids is 1. The van der Waals surface area contributed by atoms with Gasteiger partial charge >= 0.3 is 5.97 Å². The second-order valence-electron chi connectivity index (χ2n) is 3.29. The molecule has 1 heterocycles. The first-order valence-corrected chi connectivity index (χ1v) is 5.87. The zero-order valence-electron chi connectivity index (χ0n) is 9.23. The van der Waals surface area contributed by atoms with Gasteiger partial charge in [0.1, 0.15) is 5.01 Å². The minimum atomic E-state index is -0.826. The largest absolute Gasteiger partial charge is 0.480 e. The van der Waals surface area contributed by atoms with Crippen LogP contribution in [0.4, 0.5) is 0 Å². The van der Waals surface area contributed by atoms with E-state index in [-0.39, 0.29) is 0 Å². The van der Waals surface area contributed by atoms with E-state index in [9.17, 15) is 9.90 Å². The highest BCUT2D eigenvalue weighted by molar-refractivity contribution is 7.09. The number of carboxylic acids is 1. The SMILES string of the molecule is CCN(CC)C(C(=O)O)c1nc(C)cs1. The van der Waals surface area contributed by atoms with Crippen molar-refractivity contribution in [2.24, 2.45) is 0 Å². The third-order valence-corrected chi connectivity index (χ3v) is 3.30. The summed E-state index contributed by atoms with van der Waals surface area (Å²) in [6.45, 7) is 7.22. The average Bonchev–Trinajstić information content (AvgIpc) is 2.59. The van der Waals surface area contributed by atoms with Crippen LogP contribution in [0.2, 0.25) is 0 Å². The molecule has 0 spiro atoms. The van der Waals surface area contributed by atoms with Crippen LogP contribution in [-0.2, 0) is 4.79 Å². The number of carboxylic acid groups (broad SMARTS) is 1. The van der Waals surface area contributed by atoms with Gasteiger partial charge in [0.2, 0.25) is 0 Å². The number of aromatic nitrogens is 1. The highest BCUT2D eigenvalue weighted by Crippen LogP contribution is 2.24. The predicted molar refractivity (Wildman–Crippen MR) is 60.1 cm³/mol. The van der Waals surface area contributed by atoms with Gasteiger partial charge in [-0.25, -0.2) is 4.98 Å². The topological polar surface area (TPSA) is 53.4 Å². The number of thiazole rings is 1. The summed E-state index contributed by atoms with van der Waals surface area (Å²) in [5.41, 5.74) is 0.883. The van der Waals surface area contributed by atoms with E-state index in [0.29, 0.717) is 18.1 Å². The number of nitrogens with zero attached hydrogens (tertiary/aromatic N) is 2. The number of hydrogen-bond acceptors (Lipinski definition) is 4. The number of hydrogen-bond donors (Lipinski definition) is 1. The number of aryl methyl sites for hydroxylation is 1. The molecule has 0 aliphatic rings. The minimum Gasteiger partial charge on any atom is -0.480 e. The first-order chi connectivity index (χ1) is 7.10. The lowest BCUT2D eigenvalue weighted by Crippen LogP contribution is -2.33. The van der Waals surface area contributed by atoms with E-state index in [0.717, 1.165) is 5.69 Å². The monoisotopic (exact) mass is 228 g/mol. The minimum absolute atomic E-state index is 0.598. The maximum atomic E-state index is 11.2. The van der Waals surface area contributed by atoms with Gasteiger partial charge in [0.05, 0.1) is 0 Å². The van der Waals surface area contributed by atoms with Crippen molar-refractivity contribution < 1.29 is 9.90 Å². The van der Waals surface area contributed by atoms with Crippen molar-refractivity contribution in [2.75, 3.05) is 13.1 Å².